The molecule has 28 heavy (non-hydrogen) atoms. The van der Waals surface area contributed by atoms with E-state index in [1.165, 1.54) is 0 Å². The van der Waals surface area contributed by atoms with Crippen molar-refractivity contribution >= 4 is 33.2 Å². The van der Waals surface area contributed by atoms with Crippen molar-refractivity contribution in [1.82, 2.24) is 14.3 Å². The molecule has 3 heterocycles. The highest BCUT2D eigenvalue weighted by atomic mass is 32.2. The van der Waals surface area contributed by atoms with Crippen LogP contribution < -0.4 is 0 Å². The summed E-state index contributed by atoms with van der Waals surface area (Å²) in [7, 11) is -1.33. The van der Waals surface area contributed by atoms with E-state index in [9.17, 15) is 13.2 Å². The molecular weight excluding hydrogens is 394 g/mol. The molecule has 1 saturated heterocycles. The minimum atomic E-state index is -3.01. The number of sulfone groups is 1. The predicted molar refractivity (Wildman–Crippen MR) is 110 cm³/mol. The molecule has 6 nitrogen and oxygen atoms in total. The summed E-state index contributed by atoms with van der Waals surface area (Å²) >= 11 is 1.66. The molecule has 1 fully saturated rings. The van der Waals surface area contributed by atoms with Crippen LogP contribution in [0.5, 0.6) is 0 Å². The first-order valence-electron chi connectivity index (χ1n) is 9.04. The number of carbonyl (C=O) groups excluding carboxylic acids is 1. The normalized spacial score (nSPS) is 18.4. The van der Waals surface area contributed by atoms with Crippen molar-refractivity contribution in [1.29, 1.82) is 0 Å². The fourth-order valence-corrected chi connectivity index (χ4v) is 5.91. The van der Waals surface area contributed by atoms with Gasteiger partial charge in [-0.3, -0.25) is 4.79 Å². The van der Waals surface area contributed by atoms with E-state index in [1.807, 2.05) is 47.1 Å². The molecule has 4 rings (SSSR count). The van der Waals surface area contributed by atoms with Crippen LogP contribution in [0.4, 0.5) is 0 Å². The first-order chi connectivity index (χ1) is 13.4. The van der Waals surface area contributed by atoms with Gasteiger partial charge in [0.15, 0.2) is 9.84 Å². The van der Waals surface area contributed by atoms with Gasteiger partial charge in [-0.25, -0.2) is 13.4 Å². The second-order valence-corrected chi connectivity index (χ2v) is 10.3. The van der Waals surface area contributed by atoms with Crippen LogP contribution in [0.3, 0.4) is 0 Å². The van der Waals surface area contributed by atoms with Crippen molar-refractivity contribution < 1.29 is 13.2 Å². The van der Waals surface area contributed by atoms with Crippen LogP contribution in [-0.4, -0.2) is 53.2 Å². The fourth-order valence-electron chi connectivity index (χ4n) is 3.36. The van der Waals surface area contributed by atoms with Gasteiger partial charge in [-0.05, 0) is 42.8 Å². The van der Waals surface area contributed by atoms with E-state index >= 15 is 0 Å². The summed E-state index contributed by atoms with van der Waals surface area (Å²) in [6.45, 7) is 0. The summed E-state index contributed by atoms with van der Waals surface area (Å²) in [4.78, 5) is 19.8. The Morgan fingerprint density at radius 3 is 2.71 bits per heavy atom. The molecule has 8 heteroatoms. The maximum absolute atomic E-state index is 12.6. The Hall–Kier alpha value is -2.32. The van der Waals surface area contributed by atoms with Crippen LogP contribution in [0.2, 0.25) is 0 Å². The number of thioether (sulfide) groups is 1. The zero-order valence-electron chi connectivity index (χ0n) is 15.5. The number of benzene rings is 1. The number of hydrogen-bond acceptors (Lipinski definition) is 5. The smallest absolute Gasteiger partial charge is 0.253 e. The third kappa shape index (κ3) is 4.07. The van der Waals surface area contributed by atoms with Gasteiger partial charge in [0.2, 0.25) is 0 Å². The average Bonchev–Trinajstić information content (AvgIpc) is 3.28. The molecule has 1 atom stereocenters. The Kier molecular flexibility index (Phi) is 5.16. The van der Waals surface area contributed by atoms with Gasteiger partial charge in [-0.1, -0.05) is 6.07 Å². The maximum atomic E-state index is 12.6. The van der Waals surface area contributed by atoms with Gasteiger partial charge < -0.3 is 9.30 Å². The third-order valence-electron chi connectivity index (χ3n) is 4.98. The van der Waals surface area contributed by atoms with Crippen LogP contribution in [-0.2, 0) is 15.6 Å². The van der Waals surface area contributed by atoms with Crippen LogP contribution in [0, 0.1) is 0 Å². The molecule has 1 aliphatic heterocycles. The second-order valence-electron chi connectivity index (χ2n) is 6.98. The van der Waals surface area contributed by atoms with Gasteiger partial charge in [0.05, 0.1) is 17.2 Å². The van der Waals surface area contributed by atoms with Crippen molar-refractivity contribution in [3.05, 3.63) is 66.1 Å². The minimum Gasteiger partial charge on any atom is -0.338 e. The van der Waals surface area contributed by atoms with Gasteiger partial charge in [0.1, 0.15) is 5.65 Å². The molecule has 1 unspecified atom stereocenters. The zero-order chi connectivity index (χ0) is 19.7. The maximum Gasteiger partial charge on any atom is 0.253 e. The number of pyridine rings is 1. The average molecular weight is 416 g/mol. The van der Waals surface area contributed by atoms with Crippen molar-refractivity contribution in [2.75, 3.05) is 18.6 Å². The molecule has 0 bridgehead atoms. The predicted octanol–water partition coefficient (Wildman–Crippen LogP) is 2.89. The Bertz CT molecular complexity index is 1070. The lowest BCUT2D eigenvalue weighted by molar-refractivity contribution is 0.0747. The molecule has 0 radical (unpaired) electrons. The van der Waals surface area contributed by atoms with Gasteiger partial charge in [-0.15, -0.1) is 11.8 Å². The van der Waals surface area contributed by atoms with Crippen molar-refractivity contribution in [3.8, 4) is 0 Å². The summed E-state index contributed by atoms with van der Waals surface area (Å²) in [6.07, 6.45) is 4.51. The molecule has 1 amide bonds. The lowest BCUT2D eigenvalue weighted by Gasteiger charge is -2.23. The van der Waals surface area contributed by atoms with Crippen LogP contribution in [0.1, 0.15) is 22.5 Å². The van der Waals surface area contributed by atoms with E-state index in [0.717, 1.165) is 22.0 Å². The summed E-state index contributed by atoms with van der Waals surface area (Å²) in [5.74, 6) is 0.823. The molecule has 0 N–H and O–H groups in total. The van der Waals surface area contributed by atoms with E-state index in [1.54, 1.807) is 35.8 Å². The zero-order valence-corrected chi connectivity index (χ0v) is 17.1. The van der Waals surface area contributed by atoms with E-state index < -0.39 is 9.84 Å². The third-order valence-corrected chi connectivity index (χ3v) is 7.77. The Labute approximate surface area is 168 Å². The Balaban J connectivity index is 1.38. The van der Waals surface area contributed by atoms with E-state index in [0.29, 0.717) is 12.0 Å². The largest absolute Gasteiger partial charge is 0.338 e. The highest BCUT2D eigenvalue weighted by Gasteiger charge is 2.32. The standard InChI is InChI=1S/C20H21N3O3S2/c1-22(17-9-11-28(25,26)14-17)20(24)15-5-7-18(8-6-15)27-13-16-12-23-10-3-2-4-19(23)21-16/h2-8,10,12,17H,9,11,13-14H2,1H3. The van der Waals surface area contributed by atoms with Gasteiger partial charge in [0, 0.05) is 41.7 Å². The van der Waals surface area contributed by atoms with Gasteiger partial charge in [0.25, 0.3) is 5.91 Å². The van der Waals surface area contributed by atoms with Gasteiger partial charge in [-0.2, -0.15) is 0 Å². The molecule has 0 aliphatic carbocycles. The molecule has 1 aromatic carbocycles. The first-order valence-corrected chi connectivity index (χ1v) is 11.8. The number of carbonyl (C=O) groups is 1. The monoisotopic (exact) mass is 415 g/mol. The number of fused-ring (bicyclic) bond motifs is 1. The number of hydrogen-bond donors (Lipinski definition) is 0. The van der Waals surface area contributed by atoms with Gasteiger partial charge >= 0.3 is 0 Å². The molecule has 0 spiro atoms. The summed E-state index contributed by atoms with van der Waals surface area (Å²) in [6, 6.07) is 13.1. The van der Waals surface area contributed by atoms with Crippen molar-refractivity contribution in [2.45, 2.75) is 23.1 Å². The van der Waals surface area contributed by atoms with E-state index in [4.69, 9.17) is 0 Å². The quantitative estimate of drug-likeness (QED) is 0.599. The minimum absolute atomic E-state index is 0.0577. The highest BCUT2D eigenvalue weighted by Crippen LogP contribution is 2.24. The molecule has 3 aromatic rings. The summed E-state index contributed by atoms with van der Waals surface area (Å²) in [5.41, 5.74) is 2.50. The topological polar surface area (TPSA) is 71.8 Å². The molecule has 2 aromatic heterocycles. The summed E-state index contributed by atoms with van der Waals surface area (Å²) < 4.78 is 25.3. The number of amides is 1. The molecule has 0 saturated carbocycles. The second kappa shape index (κ2) is 7.60. The number of rotatable bonds is 5. The molecule has 1 aliphatic rings. The Morgan fingerprint density at radius 2 is 2.04 bits per heavy atom. The Morgan fingerprint density at radius 1 is 1.25 bits per heavy atom. The molecule has 146 valence electrons. The number of nitrogens with zero attached hydrogens (tertiary/aromatic N) is 3. The lowest BCUT2D eigenvalue weighted by Crippen LogP contribution is -2.37. The first kappa shape index (κ1) is 19.0. The number of imidazole rings is 1. The van der Waals surface area contributed by atoms with Crippen molar-refractivity contribution in [2.24, 2.45) is 0 Å². The van der Waals surface area contributed by atoms with Crippen LogP contribution >= 0.6 is 11.8 Å². The van der Waals surface area contributed by atoms with E-state index in [-0.39, 0.29) is 23.5 Å². The SMILES string of the molecule is CN(C(=O)c1ccc(SCc2cn3ccccc3n2)cc1)C1CCS(=O)(=O)C1. The van der Waals surface area contributed by atoms with Crippen LogP contribution in [0.25, 0.3) is 5.65 Å². The highest BCUT2D eigenvalue weighted by molar-refractivity contribution is 7.98. The van der Waals surface area contributed by atoms with Crippen molar-refractivity contribution in [3.63, 3.8) is 0 Å². The fraction of sp³-hybridized carbons (Fsp3) is 0.300. The van der Waals surface area contributed by atoms with Crippen LogP contribution in [0.15, 0.2) is 59.8 Å². The number of aromatic nitrogens is 2. The van der Waals surface area contributed by atoms with E-state index in [2.05, 4.69) is 4.98 Å². The molecular formula is C20H21N3O3S2. The summed E-state index contributed by atoms with van der Waals surface area (Å²) in [5, 5.41) is 0. The lowest BCUT2D eigenvalue weighted by atomic mass is 10.1.